The summed E-state index contributed by atoms with van der Waals surface area (Å²) in [7, 11) is -1.20. The standard InChI is InChI=1S/C3H7FSi/c1-2-3-5-4/h2H,1,3,5H2. The van der Waals surface area contributed by atoms with Crippen LogP contribution in [0.3, 0.4) is 0 Å². The predicted molar refractivity (Wildman–Crippen MR) is 24.7 cm³/mol. The topological polar surface area (TPSA) is 0 Å². The zero-order valence-electron chi connectivity index (χ0n) is 3.08. The molecule has 0 radical (unpaired) electrons. The molecule has 0 aromatic heterocycles. The second-order valence-electron chi connectivity index (χ2n) is 0.766. The molecule has 0 N–H and O–H groups in total. The van der Waals surface area contributed by atoms with Gasteiger partial charge >= 0.3 is 0 Å². The summed E-state index contributed by atoms with van der Waals surface area (Å²) >= 11 is 0. The molecule has 0 spiro atoms. The Labute approximate surface area is 33.7 Å². The van der Waals surface area contributed by atoms with Crippen LogP contribution in [0.15, 0.2) is 12.7 Å². The summed E-state index contributed by atoms with van der Waals surface area (Å²) in [5, 5.41) is 0. The van der Waals surface area contributed by atoms with Crippen LogP contribution in [-0.2, 0) is 0 Å². The summed E-state index contributed by atoms with van der Waals surface area (Å²) in [4.78, 5) is 0. The Bertz CT molecular complexity index is 28.1. The quantitative estimate of drug-likeness (QED) is 0.265. The number of rotatable bonds is 2. The van der Waals surface area contributed by atoms with E-state index in [0.717, 1.165) is 0 Å². The molecule has 0 saturated carbocycles. The number of hydrogen-bond acceptors (Lipinski definition) is 0. The van der Waals surface area contributed by atoms with E-state index < -0.39 is 9.85 Å². The fourth-order valence-corrected chi connectivity index (χ4v) is 0.231. The van der Waals surface area contributed by atoms with Crippen molar-refractivity contribution in [2.75, 3.05) is 0 Å². The minimum absolute atomic E-state index is 0.625. The van der Waals surface area contributed by atoms with Crippen LogP contribution in [0.2, 0.25) is 6.04 Å². The summed E-state index contributed by atoms with van der Waals surface area (Å²) in [5.41, 5.74) is 0. The van der Waals surface area contributed by atoms with Gasteiger partial charge in [0.2, 0.25) is 9.85 Å². The third-order valence-electron chi connectivity index (χ3n) is 0.313. The smallest absolute Gasteiger partial charge is 0.220 e. The largest absolute Gasteiger partial charge is 0.322 e. The molecule has 0 amide bonds. The molecule has 0 unspecified atom stereocenters. The number of hydrogen-bond donors (Lipinski definition) is 0. The van der Waals surface area contributed by atoms with Gasteiger partial charge in [-0.25, -0.2) is 0 Å². The molecule has 30 valence electrons. The number of allylic oxidation sites excluding steroid dienone is 1. The second kappa shape index (κ2) is 3.89. The Morgan fingerprint density at radius 1 is 2.00 bits per heavy atom. The van der Waals surface area contributed by atoms with Gasteiger partial charge in [0.25, 0.3) is 0 Å². The fraction of sp³-hybridized carbons (Fsp3) is 0.333. The molecule has 0 nitrogen and oxygen atoms in total. The molecule has 0 aromatic rings. The van der Waals surface area contributed by atoms with E-state index >= 15 is 0 Å². The molecule has 0 fully saturated rings. The van der Waals surface area contributed by atoms with E-state index in [1.54, 1.807) is 6.08 Å². The van der Waals surface area contributed by atoms with Gasteiger partial charge in [-0.2, -0.15) is 0 Å². The van der Waals surface area contributed by atoms with Crippen molar-refractivity contribution in [1.29, 1.82) is 0 Å². The molecule has 0 bridgehead atoms. The van der Waals surface area contributed by atoms with E-state index in [9.17, 15) is 4.11 Å². The Kier molecular flexibility index (Phi) is 3.80. The Balaban J connectivity index is 2.40. The van der Waals surface area contributed by atoms with Crippen LogP contribution >= 0.6 is 0 Å². The molecule has 0 rings (SSSR count). The third-order valence-corrected chi connectivity index (χ3v) is 0.940. The number of halogens is 1. The summed E-state index contributed by atoms with van der Waals surface area (Å²) in [6.45, 7) is 3.35. The van der Waals surface area contributed by atoms with Gasteiger partial charge in [0.1, 0.15) is 0 Å². The highest BCUT2D eigenvalue weighted by Crippen LogP contribution is 1.74. The van der Waals surface area contributed by atoms with Crippen molar-refractivity contribution in [3.63, 3.8) is 0 Å². The van der Waals surface area contributed by atoms with E-state index in [1.165, 1.54) is 0 Å². The zero-order chi connectivity index (χ0) is 4.12. The van der Waals surface area contributed by atoms with Crippen LogP contribution < -0.4 is 0 Å². The summed E-state index contributed by atoms with van der Waals surface area (Å²) in [6.07, 6.45) is 1.62. The van der Waals surface area contributed by atoms with Crippen LogP contribution in [0, 0.1) is 0 Å². The van der Waals surface area contributed by atoms with E-state index in [-0.39, 0.29) is 0 Å². The first kappa shape index (κ1) is 4.89. The van der Waals surface area contributed by atoms with Gasteiger partial charge in [-0.1, -0.05) is 6.08 Å². The Hall–Kier alpha value is -0.113. The van der Waals surface area contributed by atoms with Crippen molar-refractivity contribution >= 4 is 9.85 Å². The van der Waals surface area contributed by atoms with Gasteiger partial charge in [-0.3, -0.25) is 0 Å². The molecule has 0 aliphatic rings. The van der Waals surface area contributed by atoms with E-state index in [2.05, 4.69) is 6.58 Å². The lowest BCUT2D eigenvalue weighted by molar-refractivity contribution is 0.869. The van der Waals surface area contributed by atoms with Gasteiger partial charge in [0, 0.05) is 0 Å². The molecule has 0 saturated heterocycles. The first-order chi connectivity index (χ1) is 2.41. The summed E-state index contributed by atoms with van der Waals surface area (Å²) in [6, 6.07) is 0.625. The van der Waals surface area contributed by atoms with Gasteiger partial charge in [0.05, 0.1) is 0 Å². The van der Waals surface area contributed by atoms with Crippen LogP contribution in [0.4, 0.5) is 4.11 Å². The monoisotopic (exact) mass is 90.0 g/mol. The van der Waals surface area contributed by atoms with Crippen molar-refractivity contribution in [2.45, 2.75) is 6.04 Å². The highest BCUT2D eigenvalue weighted by Gasteiger charge is 1.69. The SMILES string of the molecule is C=CC[SiH2]F. The molecule has 0 aliphatic heterocycles. The molecule has 2 heteroatoms. The third kappa shape index (κ3) is 3.89. The molecular weight excluding hydrogens is 83.1 g/mol. The maximum absolute atomic E-state index is 11.1. The molecule has 0 aliphatic carbocycles. The van der Waals surface area contributed by atoms with Crippen molar-refractivity contribution in [2.24, 2.45) is 0 Å². The van der Waals surface area contributed by atoms with E-state index in [4.69, 9.17) is 0 Å². The molecule has 0 aromatic carbocycles. The van der Waals surface area contributed by atoms with Gasteiger partial charge in [-0.05, 0) is 6.04 Å². The summed E-state index contributed by atoms with van der Waals surface area (Å²) < 4.78 is 11.1. The lowest BCUT2D eigenvalue weighted by Crippen LogP contribution is -1.67. The highest BCUT2D eigenvalue weighted by molar-refractivity contribution is 6.26. The van der Waals surface area contributed by atoms with E-state index in [1.807, 2.05) is 0 Å². The zero-order valence-corrected chi connectivity index (χ0v) is 4.49. The average Bonchev–Trinajstić information content (AvgIpc) is 1.41. The van der Waals surface area contributed by atoms with Crippen molar-refractivity contribution in [1.82, 2.24) is 0 Å². The van der Waals surface area contributed by atoms with Gasteiger partial charge in [0.15, 0.2) is 0 Å². The normalized spacial score (nSPS) is 9.80. The molecule has 0 heterocycles. The van der Waals surface area contributed by atoms with Crippen molar-refractivity contribution < 1.29 is 4.11 Å². The first-order valence-electron chi connectivity index (χ1n) is 1.58. The lowest BCUT2D eigenvalue weighted by atomic mass is 10.8. The fourth-order valence-electron chi connectivity index (χ4n) is 0.0772. The van der Waals surface area contributed by atoms with Crippen molar-refractivity contribution in [3.05, 3.63) is 12.7 Å². The maximum atomic E-state index is 11.1. The second-order valence-corrected chi connectivity index (χ2v) is 1.72. The maximum Gasteiger partial charge on any atom is 0.220 e. The van der Waals surface area contributed by atoms with Crippen LogP contribution in [0.25, 0.3) is 0 Å². The first-order valence-corrected chi connectivity index (χ1v) is 3.12. The minimum atomic E-state index is -1.20. The predicted octanol–water partition coefficient (Wildman–Crippen LogP) is 0.644. The van der Waals surface area contributed by atoms with Crippen LogP contribution in [-0.4, -0.2) is 9.85 Å². The van der Waals surface area contributed by atoms with Crippen LogP contribution in [0.5, 0.6) is 0 Å². The van der Waals surface area contributed by atoms with Gasteiger partial charge < -0.3 is 4.11 Å². The summed E-state index contributed by atoms with van der Waals surface area (Å²) in [5.74, 6) is 0. The van der Waals surface area contributed by atoms with E-state index in [0.29, 0.717) is 6.04 Å². The minimum Gasteiger partial charge on any atom is -0.322 e. The molecule has 0 atom stereocenters. The Morgan fingerprint density at radius 2 is 2.60 bits per heavy atom. The Morgan fingerprint density at radius 3 is 2.60 bits per heavy atom. The molecule has 5 heavy (non-hydrogen) atoms. The van der Waals surface area contributed by atoms with Crippen molar-refractivity contribution in [3.8, 4) is 0 Å². The lowest BCUT2D eigenvalue weighted by Gasteiger charge is -1.67. The van der Waals surface area contributed by atoms with Crippen LogP contribution in [0.1, 0.15) is 0 Å². The average molecular weight is 90.2 g/mol. The molecular formula is C3H7FSi. The highest BCUT2D eigenvalue weighted by atomic mass is 28.3. The van der Waals surface area contributed by atoms with Gasteiger partial charge in [-0.15, -0.1) is 6.58 Å².